The van der Waals surface area contributed by atoms with Gasteiger partial charge in [-0.1, -0.05) is 48.6 Å². The van der Waals surface area contributed by atoms with E-state index >= 15 is 0 Å². The molecule has 1 aliphatic rings. The fraction of sp³-hybridized carbons (Fsp3) is 0.0526. The predicted octanol–water partition coefficient (Wildman–Crippen LogP) is 3.80. The second kappa shape index (κ2) is 6.92. The summed E-state index contributed by atoms with van der Waals surface area (Å²) in [5.74, 6) is -0.510. The number of benzene rings is 2. The van der Waals surface area contributed by atoms with Crippen molar-refractivity contribution in [3.8, 4) is 0 Å². The summed E-state index contributed by atoms with van der Waals surface area (Å²) in [6.07, 6.45) is 5.10. The van der Waals surface area contributed by atoms with Crippen LogP contribution in [0.2, 0.25) is 0 Å². The van der Waals surface area contributed by atoms with Gasteiger partial charge in [0.1, 0.15) is 0 Å². The maximum absolute atomic E-state index is 12.0. The third-order valence-electron chi connectivity index (χ3n) is 3.70. The Balaban J connectivity index is 1.88. The van der Waals surface area contributed by atoms with E-state index in [1.54, 1.807) is 25.1 Å². The molecular weight excluding hydrogens is 320 g/mol. The standard InChI is InChI=1S/C19H14N2O4/c1-13-15(10-6-12-17(13)21(23)24)18-20-16(19(22)25-18)11-5-9-14-7-3-2-4-8-14/h2-12H,1H3. The van der Waals surface area contributed by atoms with Crippen LogP contribution >= 0.6 is 0 Å². The van der Waals surface area contributed by atoms with Crippen molar-refractivity contribution in [3.05, 3.63) is 93.2 Å². The van der Waals surface area contributed by atoms with Crippen LogP contribution in [0.4, 0.5) is 5.69 Å². The molecule has 3 rings (SSSR count). The zero-order valence-electron chi connectivity index (χ0n) is 13.4. The second-order valence-electron chi connectivity index (χ2n) is 5.33. The van der Waals surface area contributed by atoms with E-state index in [9.17, 15) is 14.9 Å². The van der Waals surface area contributed by atoms with Gasteiger partial charge < -0.3 is 4.74 Å². The fourth-order valence-corrected chi connectivity index (χ4v) is 2.41. The molecule has 0 saturated carbocycles. The van der Waals surface area contributed by atoms with E-state index < -0.39 is 10.9 Å². The van der Waals surface area contributed by atoms with E-state index in [0.29, 0.717) is 11.1 Å². The highest BCUT2D eigenvalue weighted by atomic mass is 16.6. The van der Waals surface area contributed by atoms with Gasteiger partial charge in [-0.25, -0.2) is 9.79 Å². The number of carbonyl (C=O) groups excluding carboxylic acids is 1. The van der Waals surface area contributed by atoms with Crippen molar-refractivity contribution in [2.24, 2.45) is 4.99 Å². The minimum absolute atomic E-state index is 0.0438. The lowest BCUT2D eigenvalue weighted by molar-refractivity contribution is -0.385. The maximum atomic E-state index is 12.0. The summed E-state index contributed by atoms with van der Waals surface area (Å²) in [6, 6.07) is 14.2. The molecule has 0 bridgehead atoms. The Morgan fingerprint density at radius 1 is 1.12 bits per heavy atom. The van der Waals surface area contributed by atoms with Crippen molar-refractivity contribution >= 4 is 23.6 Å². The van der Waals surface area contributed by atoms with Crippen LogP contribution in [0.3, 0.4) is 0 Å². The lowest BCUT2D eigenvalue weighted by atomic mass is 10.1. The van der Waals surface area contributed by atoms with Gasteiger partial charge in [0, 0.05) is 17.2 Å². The van der Waals surface area contributed by atoms with Gasteiger partial charge >= 0.3 is 5.97 Å². The highest BCUT2D eigenvalue weighted by molar-refractivity contribution is 6.12. The fourth-order valence-electron chi connectivity index (χ4n) is 2.41. The Morgan fingerprint density at radius 2 is 1.88 bits per heavy atom. The quantitative estimate of drug-likeness (QED) is 0.368. The molecule has 6 nitrogen and oxygen atoms in total. The first-order valence-electron chi connectivity index (χ1n) is 7.55. The van der Waals surface area contributed by atoms with E-state index in [0.717, 1.165) is 5.56 Å². The third kappa shape index (κ3) is 3.53. The van der Waals surface area contributed by atoms with Crippen LogP contribution in [0.5, 0.6) is 0 Å². The number of hydrogen-bond donors (Lipinski definition) is 0. The Labute approximate surface area is 143 Å². The first kappa shape index (κ1) is 16.3. The van der Waals surface area contributed by atoms with Crippen LogP contribution < -0.4 is 0 Å². The number of cyclic esters (lactones) is 1. The highest BCUT2D eigenvalue weighted by Gasteiger charge is 2.26. The summed E-state index contributed by atoms with van der Waals surface area (Å²) in [5, 5.41) is 11.0. The minimum Gasteiger partial charge on any atom is -0.402 e. The molecule has 0 N–H and O–H groups in total. The zero-order chi connectivity index (χ0) is 17.8. The summed E-state index contributed by atoms with van der Waals surface area (Å²) >= 11 is 0. The molecule has 25 heavy (non-hydrogen) atoms. The number of nitro benzene ring substituents is 1. The monoisotopic (exact) mass is 334 g/mol. The van der Waals surface area contributed by atoms with Gasteiger partial charge in [0.25, 0.3) is 5.69 Å². The number of rotatable bonds is 4. The SMILES string of the molecule is Cc1c(C2=NC(=CC=Cc3ccccc3)C(=O)O2)cccc1[N+](=O)[O-]. The van der Waals surface area contributed by atoms with Gasteiger partial charge in [-0.2, -0.15) is 0 Å². The summed E-state index contributed by atoms with van der Waals surface area (Å²) in [6.45, 7) is 1.60. The molecule has 6 heteroatoms. The second-order valence-corrected chi connectivity index (χ2v) is 5.33. The van der Waals surface area contributed by atoms with E-state index in [1.165, 1.54) is 12.1 Å². The predicted molar refractivity (Wildman–Crippen MR) is 94.0 cm³/mol. The lowest BCUT2D eigenvalue weighted by Gasteiger charge is -2.04. The third-order valence-corrected chi connectivity index (χ3v) is 3.70. The molecule has 1 aliphatic heterocycles. The van der Waals surface area contributed by atoms with Crippen LogP contribution in [0.15, 0.2) is 71.4 Å². The van der Waals surface area contributed by atoms with Crippen molar-refractivity contribution in [1.29, 1.82) is 0 Å². The molecular formula is C19H14N2O4. The van der Waals surface area contributed by atoms with Crippen LogP contribution in [-0.4, -0.2) is 16.8 Å². The molecule has 0 aliphatic carbocycles. The summed E-state index contributed by atoms with van der Waals surface area (Å²) in [7, 11) is 0. The van der Waals surface area contributed by atoms with Crippen molar-refractivity contribution in [2.75, 3.05) is 0 Å². The zero-order valence-corrected chi connectivity index (χ0v) is 13.4. The first-order chi connectivity index (χ1) is 12.1. The largest absolute Gasteiger partial charge is 0.402 e. The Morgan fingerprint density at radius 3 is 2.60 bits per heavy atom. The summed E-state index contributed by atoms with van der Waals surface area (Å²) in [4.78, 5) is 26.7. The van der Waals surface area contributed by atoms with Gasteiger partial charge in [0.15, 0.2) is 5.70 Å². The molecule has 0 spiro atoms. The summed E-state index contributed by atoms with van der Waals surface area (Å²) in [5.41, 5.74) is 1.92. The molecule has 0 fully saturated rings. The van der Waals surface area contributed by atoms with Crippen LogP contribution in [0.25, 0.3) is 6.08 Å². The van der Waals surface area contributed by atoms with Crippen LogP contribution in [0, 0.1) is 17.0 Å². The average molecular weight is 334 g/mol. The number of esters is 1. The number of ether oxygens (including phenoxy) is 1. The van der Waals surface area contributed by atoms with Crippen LogP contribution in [-0.2, 0) is 9.53 Å². The van der Waals surface area contributed by atoms with Crippen LogP contribution in [0.1, 0.15) is 16.7 Å². The number of allylic oxidation sites excluding steroid dienone is 2. The van der Waals surface area contributed by atoms with Crippen molar-refractivity contribution in [1.82, 2.24) is 0 Å². The molecule has 0 amide bonds. The van der Waals surface area contributed by atoms with E-state index in [-0.39, 0.29) is 17.3 Å². The van der Waals surface area contributed by atoms with Gasteiger partial charge in [-0.3, -0.25) is 10.1 Å². The molecule has 124 valence electrons. The number of carbonyl (C=O) groups is 1. The van der Waals surface area contributed by atoms with E-state index in [2.05, 4.69) is 4.99 Å². The number of nitrogens with zero attached hydrogens (tertiary/aromatic N) is 2. The maximum Gasteiger partial charge on any atom is 0.363 e. The molecule has 2 aromatic rings. The minimum atomic E-state index is -0.585. The smallest absolute Gasteiger partial charge is 0.363 e. The van der Waals surface area contributed by atoms with Gasteiger partial charge in [-0.05, 0) is 24.6 Å². The molecule has 0 unspecified atom stereocenters. The number of aliphatic imine (C=N–C) groups is 1. The van der Waals surface area contributed by atoms with Crippen molar-refractivity contribution in [3.63, 3.8) is 0 Å². The van der Waals surface area contributed by atoms with Gasteiger partial charge in [0.05, 0.1) is 4.92 Å². The first-order valence-corrected chi connectivity index (χ1v) is 7.55. The number of hydrogen-bond acceptors (Lipinski definition) is 5. The lowest BCUT2D eigenvalue weighted by Crippen LogP contribution is -2.08. The normalized spacial score (nSPS) is 15.5. The Bertz CT molecular complexity index is 928. The topological polar surface area (TPSA) is 81.8 Å². The molecule has 0 saturated heterocycles. The number of nitro groups is 1. The molecule has 1 heterocycles. The highest BCUT2D eigenvalue weighted by Crippen LogP contribution is 2.25. The van der Waals surface area contributed by atoms with Crippen molar-refractivity contribution < 1.29 is 14.5 Å². The van der Waals surface area contributed by atoms with Gasteiger partial charge in [0.2, 0.25) is 5.90 Å². The Kier molecular flexibility index (Phi) is 4.52. The van der Waals surface area contributed by atoms with Crippen molar-refractivity contribution in [2.45, 2.75) is 6.92 Å². The van der Waals surface area contributed by atoms with E-state index in [4.69, 9.17) is 4.74 Å². The van der Waals surface area contributed by atoms with Gasteiger partial charge in [-0.15, -0.1) is 0 Å². The molecule has 2 aromatic carbocycles. The summed E-state index contributed by atoms with van der Waals surface area (Å²) < 4.78 is 5.16. The molecule has 0 atom stereocenters. The van der Waals surface area contributed by atoms with E-state index in [1.807, 2.05) is 36.4 Å². The molecule has 0 aromatic heterocycles. The average Bonchev–Trinajstić information content (AvgIpc) is 2.96. The molecule has 0 radical (unpaired) electrons. The Hall–Kier alpha value is -3.54.